The van der Waals surface area contributed by atoms with E-state index >= 15 is 0 Å². The number of nitrogens with zero attached hydrogens (tertiary/aromatic N) is 2. The number of benzene rings is 6. The first-order valence-corrected chi connectivity index (χ1v) is 15.4. The van der Waals surface area contributed by atoms with Crippen molar-refractivity contribution < 1.29 is 33.1 Å². The van der Waals surface area contributed by atoms with Crippen molar-refractivity contribution >= 4 is 56.1 Å². The maximum Gasteiger partial charge on any atom is 0.231 e. The van der Waals surface area contributed by atoms with E-state index in [4.69, 9.17) is 8.83 Å². The van der Waals surface area contributed by atoms with E-state index in [1.54, 1.807) is 84.9 Å². The second-order valence-corrected chi connectivity index (χ2v) is 12.1. The SMILES string of the molecule is O=C1c2ccccc2C(=O)c2cc3oc(-c4ccc5cc(O)c(-c6nc7cc8c(cc7o6)C(=O)c6ccccc6C8=O)cc5c4)nc3cc21. The van der Waals surface area contributed by atoms with Gasteiger partial charge >= 0.3 is 0 Å². The molecule has 9 nitrogen and oxygen atoms in total. The molecule has 0 bridgehead atoms. The van der Waals surface area contributed by atoms with Gasteiger partial charge in [0.2, 0.25) is 11.8 Å². The van der Waals surface area contributed by atoms with Crippen LogP contribution >= 0.6 is 0 Å². The molecule has 2 heterocycles. The number of hydrogen-bond donors (Lipinski definition) is 1. The largest absolute Gasteiger partial charge is 0.507 e. The molecule has 10 rings (SSSR count). The van der Waals surface area contributed by atoms with Gasteiger partial charge in [0, 0.05) is 50.1 Å². The Kier molecular flexibility index (Phi) is 5.28. The van der Waals surface area contributed by atoms with Crippen LogP contribution in [0.5, 0.6) is 5.75 Å². The fourth-order valence-corrected chi connectivity index (χ4v) is 6.87. The predicted octanol–water partition coefficient (Wildman–Crippen LogP) is 7.71. The van der Waals surface area contributed by atoms with Crippen molar-refractivity contribution in [3.8, 4) is 28.7 Å². The van der Waals surface area contributed by atoms with Crippen LogP contribution in [0.4, 0.5) is 0 Å². The fourth-order valence-electron chi connectivity index (χ4n) is 6.87. The zero-order valence-electron chi connectivity index (χ0n) is 25.1. The Morgan fingerprint density at radius 1 is 0.429 bits per heavy atom. The minimum absolute atomic E-state index is 0.0705. The Hall–Kier alpha value is -7.00. The Morgan fingerprint density at radius 2 is 0.898 bits per heavy atom. The number of aromatic hydroxyl groups is 1. The van der Waals surface area contributed by atoms with Gasteiger partial charge in [-0.25, -0.2) is 9.97 Å². The lowest BCUT2D eigenvalue weighted by Crippen LogP contribution is -2.20. The summed E-state index contributed by atoms with van der Waals surface area (Å²) in [7, 11) is 0. The molecule has 0 amide bonds. The lowest BCUT2D eigenvalue weighted by molar-refractivity contribution is 0.0979. The van der Waals surface area contributed by atoms with Crippen LogP contribution in [0.2, 0.25) is 0 Å². The van der Waals surface area contributed by atoms with E-state index in [1.807, 2.05) is 12.1 Å². The molecular weight excluding hydrogens is 620 g/mol. The van der Waals surface area contributed by atoms with Gasteiger partial charge in [-0.1, -0.05) is 54.6 Å². The zero-order valence-corrected chi connectivity index (χ0v) is 25.1. The number of oxazole rings is 2. The number of aromatic nitrogens is 2. The van der Waals surface area contributed by atoms with Crippen molar-refractivity contribution in [1.29, 1.82) is 0 Å². The molecule has 6 aromatic carbocycles. The van der Waals surface area contributed by atoms with Crippen LogP contribution in [-0.4, -0.2) is 38.2 Å². The van der Waals surface area contributed by atoms with Gasteiger partial charge in [-0.05, 0) is 59.3 Å². The van der Waals surface area contributed by atoms with Crippen LogP contribution in [0.1, 0.15) is 63.7 Å². The number of carbonyl (C=O) groups is 4. The maximum atomic E-state index is 13.2. The molecule has 0 fully saturated rings. The fraction of sp³-hybridized carbons (Fsp3) is 0. The number of phenols is 1. The van der Waals surface area contributed by atoms with Crippen LogP contribution in [0.3, 0.4) is 0 Å². The van der Waals surface area contributed by atoms with E-state index in [-0.39, 0.29) is 62.9 Å². The molecule has 0 unspecified atom stereocenters. The minimum atomic E-state index is -0.270. The van der Waals surface area contributed by atoms with Crippen LogP contribution in [0.15, 0.2) is 112 Å². The van der Waals surface area contributed by atoms with Gasteiger partial charge in [-0.15, -0.1) is 0 Å². The van der Waals surface area contributed by atoms with E-state index < -0.39 is 0 Å². The number of ketones is 4. The molecule has 0 saturated heterocycles. The first-order valence-electron chi connectivity index (χ1n) is 15.4. The average Bonchev–Trinajstić information content (AvgIpc) is 3.75. The number of hydrogen-bond acceptors (Lipinski definition) is 9. The van der Waals surface area contributed by atoms with E-state index in [0.717, 1.165) is 10.8 Å². The summed E-state index contributed by atoms with van der Waals surface area (Å²) in [5, 5.41) is 12.4. The summed E-state index contributed by atoms with van der Waals surface area (Å²) in [5.74, 6) is -0.687. The number of fused-ring (bicyclic) bond motifs is 7. The van der Waals surface area contributed by atoms with Crippen molar-refractivity contribution in [2.75, 3.05) is 0 Å². The molecule has 0 atom stereocenters. The van der Waals surface area contributed by atoms with Gasteiger partial charge in [-0.3, -0.25) is 19.2 Å². The normalized spacial score (nSPS) is 13.6. The van der Waals surface area contributed by atoms with Gasteiger partial charge in [0.05, 0.1) is 5.56 Å². The summed E-state index contributed by atoms with van der Waals surface area (Å²) in [4.78, 5) is 62.1. The quantitative estimate of drug-likeness (QED) is 0.201. The summed E-state index contributed by atoms with van der Waals surface area (Å²) in [6, 6.07) is 28.4. The highest BCUT2D eigenvalue weighted by atomic mass is 16.4. The van der Waals surface area contributed by atoms with E-state index in [0.29, 0.717) is 55.6 Å². The van der Waals surface area contributed by atoms with Gasteiger partial charge in [-0.2, -0.15) is 0 Å². The average molecular weight is 639 g/mol. The topological polar surface area (TPSA) is 141 Å². The number of phenolic OH excluding ortho intramolecular Hbond substituents is 1. The van der Waals surface area contributed by atoms with E-state index in [1.165, 1.54) is 6.07 Å². The second kappa shape index (κ2) is 9.52. The summed E-state index contributed by atoms with van der Waals surface area (Å²) in [5.41, 5.74) is 4.87. The monoisotopic (exact) mass is 638 g/mol. The lowest BCUT2D eigenvalue weighted by Gasteiger charge is -2.16. The highest BCUT2D eigenvalue weighted by molar-refractivity contribution is 6.30. The summed E-state index contributed by atoms with van der Waals surface area (Å²) in [6.45, 7) is 0. The van der Waals surface area contributed by atoms with Gasteiger partial charge in [0.25, 0.3) is 0 Å². The Labute approximate surface area is 275 Å². The van der Waals surface area contributed by atoms with Crippen LogP contribution in [0, 0.1) is 0 Å². The van der Waals surface area contributed by atoms with Gasteiger partial charge in [0.1, 0.15) is 16.8 Å². The Morgan fingerprint density at radius 3 is 1.43 bits per heavy atom. The molecule has 49 heavy (non-hydrogen) atoms. The van der Waals surface area contributed by atoms with Crippen LogP contribution in [0.25, 0.3) is 55.9 Å². The molecule has 0 radical (unpaired) electrons. The van der Waals surface area contributed by atoms with Crippen LogP contribution in [-0.2, 0) is 0 Å². The minimum Gasteiger partial charge on any atom is -0.507 e. The predicted molar refractivity (Wildman–Crippen MR) is 178 cm³/mol. The zero-order chi connectivity index (χ0) is 33.1. The molecule has 2 aliphatic rings. The molecule has 1 N–H and O–H groups in total. The molecule has 0 aliphatic heterocycles. The van der Waals surface area contributed by atoms with E-state index in [9.17, 15) is 24.3 Å². The lowest BCUT2D eigenvalue weighted by atomic mass is 9.84. The first kappa shape index (κ1) is 27.1. The third kappa shape index (κ3) is 3.81. The standard InChI is InChI=1S/C40H18N2O7/c43-32-13-18-9-10-19(39-41-30-14-25-27(16-33(30)48-39)37(46)23-7-3-1-5-21(23)35(25)44)11-20(18)12-29(32)40-42-31-15-26-28(17-34(31)49-40)38(47)24-8-4-2-6-22(24)36(26)45/h1-17,43H. The molecule has 9 heteroatoms. The molecule has 2 aliphatic carbocycles. The Balaban J connectivity index is 1.05. The van der Waals surface area contributed by atoms with Crippen LogP contribution < -0.4 is 0 Å². The first-order chi connectivity index (χ1) is 23.8. The maximum absolute atomic E-state index is 13.2. The van der Waals surface area contributed by atoms with Crippen molar-refractivity contribution in [2.45, 2.75) is 0 Å². The van der Waals surface area contributed by atoms with Crippen molar-refractivity contribution in [3.05, 3.63) is 148 Å². The third-order valence-corrected chi connectivity index (χ3v) is 9.30. The summed E-state index contributed by atoms with van der Waals surface area (Å²) >= 11 is 0. The van der Waals surface area contributed by atoms with Gasteiger partial charge < -0.3 is 13.9 Å². The molecular formula is C40H18N2O7. The second-order valence-electron chi connectivity index (χ2n) is 12.1. The molecule has 230 valence electrons. The Bertz CT molecular complexity index is 2730. The van der Waals surface area contributed by atoms with E-state index in [2.05, 4.69) is 9.97 Å². The number of carbonyl (C=O) groups excluding carboxylic acids is 4. The smallest absolute Gasteiger partial charge is 0.231 e. The van der Waals surface area contributed by atoms with Crippen molar-refractivity contribution in [2.24, 2.45) is 0 Å². The van der Waals surface area contributed by atoms with Crippen molar-refractivity contribution in [3.63, 3.8) is 0 Å². The molecule has 8 aromatic rings. The summed E-state index contributed by atoms with van der Waals surface area (Å²) in [6.07, 6.45) is 0. The highest BCUT2D eigenvalue weighted by Gasteiger charge is 2.32. The third-order valence-electron chi connectivity index (χ3n) is 9.30. The van der Waals surface area contributed by atoms with Gasteiger partial charge in [0.15, 0.2) is 34.3 Å². The molecule has 0 spiro atoms. The molecule has 0 saturated carbocycles. The highest BCUT2D eigenvalue weighted by Crippen LogP contribution is 2.39. The molecule has 2 aromatic heterocycles. The van der Waals surface area contributed by atoms with Crippen molar-refractivity contribution in [1.82, 2.24) is 9.97 Å². The summed E-state index contributed by atoms with van der Waals surface area (Å²) < 4.78 is 12.1. The number of rotatable bonds is 2.